The first kappa shape index (κ1) is 27.9. The highest BCUT2D eigenvalue weighted by Gasteiger charge is 2.15. The number of nitriles is 1. The number of carbonyl (C=O) groups is 1. The number of unbranched alkanes of at least 4 members (excludes halogenated alkanes) is 3. The predicted octanol–water partition coefficient (Wildman–Crippen LogP) is 6.64. The third kappa shape index (κ3) is 7.68. The molecule has 4 rings (SSSR count). The fourth-order valence-corrected chi connectivity index (χ4v) is 4.78. The first-order chi connectivity index (χ1) is 19.1. The Hall–Kier alpha value is -4.16. The summed E-state index contributed by atoms with van der Waals surface area (Å²) < 4.78 is 13.9. The number of ether oxygens (including phenoxy) is 2. The van der Waals surface area contributed by atoms with E-state index in [1.165, 1.54) is 30.6 Å². The molecule has 0 aliphatic rings. The van der Waals surface area contributed by atoms with Crippen LogP contribution in [0.3, 0.4) is 0 Å². The van der Waals surface area contributed by atoms with Crippen LogP contribution in [0.25, 0.3) is 17.0 Å². The van der Waals surface area contributed by atoms with Crippen molar-refractivity contribution in [2.75, 3.05) is 18.5 Å². The van der Waals surface area contributed by atoms with E-state index in [0.717, 1.165) is 52.4 Å². The number of rotatable bonds is 14. The van der Waals surface area contributed by atoms with Crippen molar-refractivity contribution in [3.8, 4) is 17.6 Å². The van der Waals surface area contributed by atoms with Gasteiger partial charge in [0.25, 0.3) is 5.91 Å². The highest BCUT2D eigenvalue weighted by atomic mass is 32.1. The van der Waals surface area contributed by atoms with Crippen LogP contribution < -0.4 is 14.8 Å². The van der Waals surface area contributed by atoms with Crippen molar-refractivity contribution >= 4 is 39.4 Å². The van der Waals surface area contributed by atoms with Crippen LogP contribution in [0.5, 0.6) is 11.5 Å². The fourth-order valence-electron chi connectivity index (χ4n) is 4.10. The van der Waals surface area contributed by atoms with Crippen LogP contribution >= 0.6 is 11.3 Å². The van der Waals surface area contributed by atoms with E-state index in [1.54, 1.807) is 6.08 Å². The molecule has 202 valence electrons. The van der Waals surface area contributed by atoms with E-state index >= 15 is 0 Å². The van der Waals surface area contributed by atoms with Crippen LogP contribution in [0, 0.1) is 11.3 Å². The highest BCUT2D eigenvalue weighted by molar-refractivity contribution is 7.15. The molecule has 2 aromatic heterocycles. The van der Waals surface area contributed by atoms with Gasteiger partial charge in [-0.05, 0) is 49.2 Å². The van der Waals surface area contributed by atoms with Crippen LogP contribution in [0.4, 0.5) is 5.13 Å². The van der Waals surface area contributed by atoms with Gasteiger partial charge >= 0.3 is 0 Å². The summed E-state index contributed by atoms with van der Waals surface area (Å²) in [6.07, 6.45) is 9.00. The summed E-state index contributed by atoms with van der Waals surface area (Å²) in [5, 5.41) is 22.5. The zero-order valence-electron chi connectivity index (χ0n) is 22.4. The molecule has 0 saturated carbocycles. The maximum Gasteiger partial charge on any atom is 0.268 e. The fraction of sp³-hybridized carbons (Fsp3) is 0.333. The van der Waals surface area contributed by atoms with Crippen LogP contribution in [0.1, 0.15) is 50.1 Å². The van der Waals surface area contributed by atoms with Gasteiger partial charge in [0, 0.05) is 22.7 Å². The topological polar surface area (TPSA) is 102 Å². The number of amides is 1. The zero-order valence-corrected chi connectivity index (χ0v) is 23.2. The Kier molecular flexibility index (Phi) is 10.1. The second-order valence-corrected chi connectivity index (χ2v) is 10.1. The van der Waals surface area contributed by atoms with Crippen LogP contribution in [0.2, 0.25) is 0 Å². The maximum absolute atomic E-state index is 12.7. The quantitative estimate of drug-likeness (QED) is 0.109. The minimum atomic E-state index is -0.509. The van der Waals surface area contributed by atoms with Crippen LogP contribution in [-0.2, 0) is 17.8 Å². The van der Waals surface area contributed by atoms with Crippen molar-refractivity contribution in [2.24, 2.45) is 0 Å². The van der Waals surface area contributed by atoms with Gasteiger partial charge in [0.1, 0.15) is 34.8 Å². The molecule has 1 amide bonds. The van der Waals surface area contributed by atoms with E-state index in [9.17, 15) is 10.1 Å². The Balaban J connectivity index is 1.39. The Morgan fingerprint density at radius 1 is 1.03 bits per heavy atom. The van der Waals surface area contributed by atoms with E-state index in [1.807, 2.05) is 67.7 Å². The number of hydrogen-bond acceptors (Lipinski definition) is 7. The van der Waals surface area contributed by atoms with Crippen molar-refractivity contribution in [3.63, 3.8) is 0 Å². The number of fused-ring (bicyclic) bond motifs is 1. The first-order valence-electron chi connectivity index (χ1n) is 13.3. The molecule has 0 aliphatic carbocycles. The molecule has 0 spiro atoms. The van der Waals surface area contributed by atoms with Gasteiger partial charge in [0.05, 0.1) is 13.2 Å². The smallest absolute Gasteiger partial charge is 0.268 e. The molecule has 0 bridgehead atoms. The molecule has 0 atom stereocenters. The van der Waals surface area contributed by atoms with E-state index in [0.29, 0.717) is 18.3 Å². The molecule has 4 aromatic rings. The van der Waals surface area contributed by atoms with Gasteiger partial charge in [-0.1, -0.05) is 62.6 Å². The summed E-state index contributed by atoms with van der Waals surface area (Å²) in [7, 11) is 0. The van der Waals surface area contributed by atoms with Crippen molar-refractivity contribution < 1.29 is 14.3 Å². The summed E-state index contributed by atoms with van der Waals surface area (Å²) in [4.78, 5) is 12.7. The predicted molar refractivity (Wildman–Crippen MR) is 155 cm³/mol. The lowest BCUT2D eigenvalue weighted by Crippen LogP contribution is -2.13. The standard InChI is InChI=1S/C30H33N5O3S/c1-3-5-6-9-17-37-24-12-14-25(15-13-24)38-18-16-35-21-23(26-10-7-8-11-27(26)35)19-22(20-31)29(36)32-30-34-33-28(4-2)39-30/h7-8,10-15,19,21H,3-6,9,16-18H2,1-2H3,(H,32,34,36)/b22-19-. The summed E-state index contributed by atoms with van der Waals surface area (Å²) in [6, 6.07) is 17.6. The maximum atomic E-state index is 12.7. The van der Waals surface area contributed by atoms with Crippen molar-refractivity contribution in [1.29, 1.82) is 5.26 Å². The number of carbonyl (C=O) groups excluding carboxylic acids is 1. The summed E-state index contributed by atoms with van der Waals surface area (Å²) in [6.45, 7) is 5.96. The Bertz CT molecular complexity index is 1450. The summed E-state index contributed by atoms with van der Waals surface area (Å²) in [5.41, 5.74) is 1.77. The second-order valence-electron chi connectivity index (χ2n) is 9.00. The number of benzene rings is 2. The third-order valence-electron chi connectivity index (χ3n) is 6.17. The molecular weight excluding hydrogens is 510 g/mol. The number of para-hydroxylation sites is 1. The van der Waals surface area contributed by atoms with E-state index < -0.39 is 5.91 Å². The molecular formula is C30H33N5O3S. The van der Waals surface area contributed by atoms with Crippen molar-refractivity contribution in [2.45, 2.75) is 52.5 Å². The molecule has 0 saturated heterocycles. The molecule has 2 aromatic carbocycles. The number of aromatic nitrogens is 3. The molecule has 39 heavy (non-hydrogen) atoms. The van der Waals surface area contributed by atoms with Crippen LogP contribution in [-0.4, -0.2) is 33.9 Å². The highest BCUT2D eigenvalue weighted by Crippen LogP contribution is 2.25. The zero-order chi connectivity index (χ0) is 27.5. The molecule has 2 heterocycles. The Morgan fingerprint density at radius 3 is 2.46 bits per heavy atom. The van der Waals surface area contributed by atoms with E-state index in [2.05, 4.69) is 27.0 Å². The molecule has 0 radical (unpaired) electrons. The monoisotopic (exact) mass is 543 g/mol. The minimum absolute atomic E-state index is 0.00456. The van der Waals surface area contributed by atoms with Crippen molar-refractivity contribution in [1.82, 2.24) is 14.8 Å². The van der Waals surface area contributed by atoms with Gasteiger partial charge < -0.3 is 14.0 Å². The van der Waals surface area contributed by atoms with Gasteiger partial charge in [-0.3, -0.25) is 10.1 Å². The Labute approximate surface area is 232 Å². The largest absolute Gasteiger partial charge is 0.494 e. The number of hydrogen-bond donors (Lipinski definition) is 1. The van der Waals surface area contributed by atoms with Gasteiger partial charge in [0.15, 0.2) is 0 Å². The number of aryl methyl sites for hydroxylation is 1. The molecule has 0 unspecified atom stereocenters. The molecule has 9 heteroatoms. The lowest BCUT2D eigenvalue weighted by molar-refractivity contribution is -0.112. The summed E-state index contributed by atoms with van der Waals surface area (Å²) >= 11 is 1.30. The first-order valence-corrected chi connectivity index (χ1v) is 14.1. The van der Waals surface area contributed by atoms with E-state index in [-0.39, 0.29) is 5.57 Å². The average Bonchev–Trinajstić information content (AvgIpc) is 3.56. The normalized spacial score (nSPS) is 11.4. The average molecular weight is 544 g/mol. The molecule has 1 N–H and O–H groups in total. The lowest BCUT2D eigenvalue weighted by Gasteiger charge is -2.10. The summed E-state index contributed by atoms with van der Waals surface area (Å²) in [5.74, 6) is 1.11. The molecule has 0 aliphatic heterocycles. The molecule has 8 nitrogen and oxygen atoms in total. The molecule has 0 fully saturated rings. The third-order valence-corrected chi connectivity index (χ3v) is 7.15. The number of nitrogens with one attached hydrogen (secondary N) is 1. The second kappa shape index (κ2) is 14.1. The van der Waals surface area contributed by atoms with Crippen LogP contribution in [0.15, 0.2) is 60.3 Å². The van der Waals surface area contributed by atoms with Gasteiger partial charge in [-0.15, -0.1) is 10.2 Å². The van der Waals surface area contributed by atoms with Gasteiger partial charge in [-0.25, -0.2) is 0 Å². The number of anilines is 1. The minimum Gasteiger partial charge on any atom is -0.494 e. The van der Waals surface area contributed by atoms with Crippen molar-refractivity contribution in [3.05, 3.63) is 70.9 Å². The SMILES string of the molecule is CCCCCCOc1ccc(OCCn2cc(/C=C(/C#N)C(=O)Nc3nnc(CC)s3)c3ccccc32)cc1. The van der Waals surface area contributed by atoms with E-state index in [4.69, 9.17) is 9.47 Å². The van der Waals surface area contributed by atoms with Gasteiger partial charge in [0.2, 0.25) is 5.13 Å². The Morgan fingerprint density at radius 2 is 1.77 bits per heavy atom. The number of nitrogens with zero attached hydrogens (tertiary/aromatic N) is 4. The lowest BCUT2D eigenvalue weighted by atomic mass is 10.1. The van der Waals surface area contributed by atoms with Gasteiger partial charge in [-0.2, -0.15) is 5.26 Å².